The van der Waals surface area contributed by atoms with Gasteiger partial charge in [-0.1, -0.05) is 0 Å². The van der Waals surface area contributed by atoms with Gasteiger partial charge in [-0.25, -0.2) is 14.0 Å². The van der Waals surface area contributed by atoms with Crippen molar-refractivity contribution in [3.05, 3.63) is 29.6 Å². The minimum atomic E-state index is -1.17. The van der Waals surface area contributed by atoms with Crippen LogP contribution in [0.25, 0.3) is 0 Å². The van der Waals surface area contributed by atoms with E-state index in [9.17, 15) is 14.0 Å². The van der Waals surface area contributed by atoms with Crippen LogP contribution in [0.4, 0.5) is 14.9 Å². The number of anilines is 1. The van der Waals surface area contributed by atoms with E-state index in [-0.39, 0.29) is 17.3 Å². The number of rotatable bonds is 3. The molecule has 1 aliphatic rings. The van der Waals surface area contributed by atoms with E-state index in [1.807, 2.05) is 11.8 Å². The number of halogens is 1. The van der Waals surface area contributed by atoms with Gasteiger partial charge >= 0.3 is 12.0 Å². The van der Waals surface area contributed by atoms with Gasteiger partial charge in [0.1, 0.15) is 5.82 Å². The van der Waals surface area contributed by atoms with E-state index in [1.165, 1.54) is 0 Å². The van der Waals surface area contributed by atoms with E-state index in [0.29, 0.717) is 0 Å². The zero-order chi connectivity index (χ0) is 14.5. The molecule has 20 heavy (non-hydrogen) atoms. The third-order valence-corrected chi connectivity index (χ3v) is 4.07. The van der Waals surface area contributed by atoms with Crippen molar-refractivity contribution in [1.29, 1.82) is 0 Å². The zero-order valence-corrected chi connectivity index (χ0v) is 11.5. The third kappa shape index (κ3) is 3.86. The second kappa shape index (κ2) is 6.60. The minimum Gasteiger partial charge on any atom is -0.478 e. The molecular formula is C13H15FN2O3S. The van der Waals surface area contributed by atoms with Gasteiger partial charge in [-0.05, 0) is 42.5 Å². The van der Waals surface area contributed by atoms with Crippen LogP contribution in [-0.2, 0) is 0 Å². The van der Waals surface area contributed by atoms with Crippen molar-refractivity contribution in [1.82, 2.24) is 5.32 Å². The summed E-state index contributed by atoms with van der Waals surface area (Å²) >= 11 is 1.84. The second-order valence-electron chi connectivity index (χ2n) is 4.48. The van der Waals surface area contributed by atoms with Gasteiger partial charge in [0.15, 0.2) is 0 Å². The lowest BCUT2D eigenvalue weighted by Gasteiger charge is -2.22. The number of hydrogen-bond acceptors (Lipinski definition) is 3. The Bertz CT molecular complexity index is 518. The number of thioether (sulfide) groups is 1. The number of nitrogens with one attached hydrogen (secondary N) is 2. The van der Waals surface area contributed by atoms with Crippen LogP contribution >= 0.6 is 11.8 Å². The Morgan fingerprint density at radius 1 is 1.30 bits per heavy atom. The van der Waals surface area contributed by atoms with Crippen LogP contribution in [0.2, 0.25) is 0 Å². The van der Waals surface area contributed by atoms with Gasteiger partial charge < -0.3 is 15.7 Å². The van der Waals surface area contributed by atoms with Crippen LogP contribution in [0.3, 0.4) is 0 Å². The van der Waals surface area contributed by atoms with Crippen LogP contribution in [-0.4, -0.2) is 34.7 Å². The molecule has 1 fully saturated rings. The van der Waals surface area contributed by atoms with Gasteiger partial charge in [-0.15, -0.1) is 0 Å². The largest absolute Gasteiger partial charge is 0.478 e. The van der Waals surface area contributed by atoms with Crippen LogP contribution in [0.15, 0.2) is 18.2 Å². The van der Waals surface area contributed by atoms with Gasteiger partial charge in [0.05, 0.1) is 11.3 Å². The first-order valence-electron chi connectivity index (χ1n) is 6.24. The quantitative estimate of drug-likeness (QED) is 0.801. The first kappa shape index (κ1) is 14.6. The summed E-state index contributed by atoms with van der Waals surface area (Å²) in [6, 6.07) is 2.86. The van der Waals surface area contributed by atoms with E-state index in [1.54, 1.807) is 0 Å². The minimum absolute atomic E-state index is 0.0734. The summed E-state index contributed by atoms with van der Waals surface area (Å²) in [5.41, 5.74) is -0.205. The second-order valence-corrected chi connectivity index (χ2v) is 5.71. The molecular weight excluding hydrogens is 283 g/mol. The molecule has 2 rings (SSSR count). The monoisotopic (exact) mass is 298 g/mol. The maximum Gasteiger partial charge on any atom is 0.335 e. The lowest BCUT2D eigenvalue weighted by Crippen LogP contribution is -2.40. The highest BCUT2D eigenvalue weighted by atomic mass is 32.2. The summed E-state index contributed by atoms with van der Waals surface area (Å²) in [6.07, 6.45) is 1.77. The fourth-order valence-electron chi connectivity index (χ4n) is 1.94. The number of amides is 2. The lowest BCUT2D eigenvalue weighted by atomic mass is 10.1. The fourth-order valence-corrected chi connectivity index (χ4v) is 3.05. The van der Waals surface area contributed by atoms with Gasteiger partial charge in [0, 0.05) is 6.04 Å². The van der Waals surface area contributed by atoms with Crippen LogP contribution < -0.4 is 10.6 Å². The van der Waals surface area contributed by atoms with E-state index < -0.39 is 17.8 Å². The van der Waals surface area contributed by atoms with Crippen LogP contribution in [0.1, 0.15) is 23.2 Å². The van der Waals surface area contributed by atoms with Gasteiger partial charge in [0.2, 0.25) is 0 Å². The molecule has 3 N–H and O–H groups in total. The van der Waals surface area contributed by atoms with Crippen molar-refractivity contribution in [2.45, 2.75) is 18.9 Å². The Morgan fingerprint density at radius 2 is 2.00 bits per heavy atom. The van der Waals surface area contributed by atoms with Gasteiger partial charge in [0.25, 0.3) is 0 Å². The SMILES string of the molecule is O=C(Nc1cc(C(=O)O)ccc1F)NC1CCSCC1. The number of carboxylic acid groups (broad SMARTS) is 1. The highest BCUT2D eigenvalue weighted by molar-refractivity contribution is 7.99. The first-order chi connectivity index (χ1) is 9.56. The lowest BCUT2D eigenvalue weighted by molar-refractivity contribution is 0.0697. The molecule has 0 aromatic heterocycles. The smallest absolute Gasteiger partial charge is 0.335 e. The Balaban J connectivity index is 1.99. The number of carbonyl (C=O) groups excluding carboxylic acids is 1. The molecule has 1 aromatic rings. The molecule has 7 heteroatoms. The molecule has 1 heterocycles. The summed E-state index contributed by atoms with van der Waals surface area (Å²) in [7, 11) is 0. The summed E-state index contributed by atoms with van der Waals surface area (Å²) in [4.78, 5) is 22.6. The Labute approximate surface area is 119 Å². The average molecular weight is 298 g/mol. The number of aromatic carboxylic acids is 1. The first-order valence-corrected chi connectivity index (χ1v) is 7.40. The highest BCUT2D eigenvalue weighted by Gasteiger charge is 2.17. The molecule has 1 saturated heterocycles. The fraction of sp³-hybridized carbons (Fsp3) is 0.385. The van der Waals surface area contributed by atoms with Crippen molar-refractivity contribution in [3.63, 3.8) is 0 Å². The summed E-state index contributed by atoms with van der Waals surface area (Å²) in [5, 5.41) is 14.0. The summed E-state index contributed by atoms with van der Waals surface area (Å²) in [5.74, 6) is 0.156. The maximum absolute atomic E-state index is 13.5. The van der Waals surface area contributed by atoms with Crippen molar-refractivity contribution < 1.29 is 19.1 Å². The molecule has 0 aliphatic carbocycles. The molecule has 0 bridgehead atoms. The highest BCUT2D eigenvalue weighted by Crippen LogP contribution is 2.18. The van der Waals surface area contributed by atoms with Gasteiger partial charge in [-0.3, -0.25) is 0 Å². The normalized spacial score (nSPS) is 15.7. The number of carbonyl (C=O) groups is 2. The number of hydrogen-bond donors (Lipinski definition) is 3. The molecule has 0 saturated carbocycles. The molecule has 0 atom stereocenters. The van der Waals surface area contributed by atoms with Crippen LogP contribution in [0.5, 0.6) is 0 Å². The molecule has 2 amide bonds. The van der Waals surface area contributed by atoms with Crippen molar-refractivity contribution >= 4 is 29.4 Å². The van der Waals surface area contributed by atoms with Crippen molar-refractivity contribution in [2.24, 2.45) is 0 Å². The number of urea groups is 1. The number of benzene rings is 1. The third-order valence-electron chi connectivity index (χ3n) is 3.02. The van der Waals surface area contributed by atoms with E-state index >= 15 is 0 Å². The van der Waals surface area contributed by atoms with Gasteiger partial charge in [-0.2, -0.15) is 11.8 Å². The number of carboxylic acids is 1. The van der Waals surface area contributed by atoms with E-state index in [2.05, 4.69) is 10.6 Å². The molecule has 0 radical (unpaired) electrons. The van der Waals surface area contributed by atoms with E-state index in [4.69, 9.17) is 5.11 Å². The molecule has 0 spiro atoms. The Morgan fingerprint density at radius 3 is 2.65 bits per heavy atom. The summed E-state index contributed by atoms with van der Waals surface area (Å²) in [6.45, 7) is 0. The molecule has 5 nitrogen and oxygen atoms in total. The standard InChI is InChI=1S/C13H15FN2O3S/c14-10-2-1-8(12(17)18)7-11(10)16-13(19)15-9-3-5-20-6-4-9/h1-2,7,9H,3-6H2,(H,17,18)(H2,15,16,19). The Kier molecular flexibility index (Phi) is 4.84. The molecule has 1 aromatic carbocycles. The summed E-state index contributed by atoms with van der Waals surface area (Å²) < 4.78 is 13.5. The Hall–Kier alpha value is -1.76. The van der Waals surface area contributed by atoms with Crippen molar-refractivity contribution in [2.75, 3.05) is 16.8 Å². The van der Waals surface area contributed by atoms with Crippen LogP contribution in [0, 0.1) is 5.82 Å². The molecule has 108 valence electrons. The molecule has 0 unspecified atom stereocenters. The van der Waals surface area contributed by atoms with E-state index in [0.717, 1.165) is 42.5 Å². The predicted octanol–water partition coefficient (Wildman–Crippen LogP) is 2.54. The topological polar surface area (TPSA) is 78.4 Å². The predicted molar refractivity (Wildman–Crippen MR) is 75.9 cm³/mol. The maximum atomic E-state index is 13.5. The average Bonchev–Trinajstić information content (AvgIpc) is 2.42. The molecule has 1 aliphatic heterocycles. The van der Waals surface area contributed by atoms with Crippen molar-refractivity contribution in [3.8, 4) is 0 Å². The zero-order valence-electron chi connectivity index (χ0n) is 10.7.